The van der Waals surface area contributed by atoms with Crippen LogP contribution in [0.2, 0.25) is 5.02 Å². The molecule has 38 heavy (non-hydrogen) atoms. The highest BCUT2D eigenvalue weighted by atomic mass is 35.5. The first-order valence-corrected chi connectivity index (χ1v) is 12.5. The standard InChI is InChI=1S/C26H28ClF8NO2/c1-2-17-12-21(9-10-22(17)27)38-20-8-4-7-19(13-20)36(15-23(37)25(30,31)32)14-16-5-3-6-18(11-16)24(28,29)26(33,34)35/h3,5-6,9-12,19-20,23,37H,2,4,7-8,13-15H2,1H3. The van der Waals surface area contributed by atoms with Gasteiger partial charge in [-0.1, -0.05) is 36.7 Å². The molecule has 0 amide bonds. The first-order valence-electron chi connectivity index (χ1n) is 12.1. The maximum absolute atomic E-state index is 13.9. The summed E-state index contributed by atoms with van der Waals surface area (Å²) < 4.78 is 112. The number of hydrogen-bond donors (Lipinski definition) is 1. The summed E-state index contributed by atoms with van der Waals surface area (Å²) in [6, 6.07) is 8.12. The van der Waals surface area contributed by atoms with Crippen LogP contribution in [0.25, 0.3) is 0 Å². The normalized spacial score (nSPS) is 20.0. The third kappa shape index (κ3) is 7.51. The Bertz CT molecular complexity index is 1080. The van der Waals surface area contributed by atoms with E-state index in [0.717, 1.165) is 11.6 Å². The molecule has 0 bridgehead atoms. The Morgan fingerprint density at radius 1 is 1.03 bits per heavy atom. The van der Waals surface area contributed by atoms with Crippen LogP contribution in [0.1, 0.15) is 49.3 Å². The van der Waals surface area contributed by atoms with Gasteiger partial charge in [-0.2, -0.15) is 35.1 Å². The van der Waals surface area contributed by atoms with Crippen LogP contribution >= 0.6 is 11.6 Å². The number of aliphatic hydroxyl groups excluding tert-OH is 1. The van der Waals surface area contributed by atoms with Crippen molar-refractivity contribution in [1.29, 1.82) is 0 Å². The van der Waals surface area contributed by atoms with Gasteiger partial charge in [-0.05, 0) is 67.5 Å². The zero-order chi connectivity index (χ0) is 28.3. The number of benzene rings is 2. The molecule has 12 heteroatoms. The zero-order valence-electron chi connectivity index (χ0n) is 20.4. The molecule has 3 rings (SSSR count). The minimum atomic E-state index is -5.83. The lowest BCUT2D eigenvalue weighted by Crippen LogP contribution is -2.47. The number of nitrogens with zero attached hydrogens (tertiary/aromatic N) is 1. The summed E-state index contributed by atoms with van der Waals surface area (Å²) in [7, 11) is 0. The lowest BCUT2D eigenvalue weighted by molar-refractivity contribution is -0.289. The third-order valence-electron chi connectivity index (χ3n) is 6.63. The van der Waals surface area contributed by atoms with Gasteiger partial charge in [-0.15, -0.1) is 0 Å². The average molecular weight is 574 g/mol. The summed E-state index contributed by atoms with van der Waals surface area (Å²) in [5.74, 6) is -4.58. The SMILES string of the molecule is CCc1cc(OC2CCCC(N(Cc3cccc(C(F)(F)C(F)(F)F)c3)CC(O)C(F)(F)F)C2)ccc1Cl. The Balaban J connectivity index is 1.83. The Labute approximate surface area is 220 Å². The summed E-state index contributed by atoms with van der Waals surface area (Å²) in [6.45, 7) is 0.681. The van der Waals surface area contributed by atoms with Gasteiger partial charge in [0.25, 0.3) is 0 Å². The molecular formula is C26H28ClF8NO2. The van der Waals surface area contributed by atoms with Gasteiger partial charge in [0, 0.05) is 29.7 Å². The van der Waals surface area contributed by atoms with Gasteiger partial charge >= 0.3 is 18.3 Å². The highest BCUT2D eigenvalue weighted by molar-refractivity contribution is 6.31. The summed E-state index contributed by atoms with van der Waals surface area (Å²) in [5, 5.41) is 10.3. The van der Waals surface area contributed by atoms with E-state index in [0.29, 0.717) is 48.6 Å². The van der Waals surface area contributed by atoms with Gasteiger partial charge in [0.15, 0.2) is 6.10 Å². The first-order chi connectivity index (χ1) is 17.6. The smallest absolute Gasteiger partial charge is 0.458 e. The van der Waals surface area contributed by atoms with Crippen molar-refractivity contribution in [3.8, 4) is 5.75 Å². The van der Waals surface area contributed by atoms with Gasteiger partial charge in [0.05, 0.1) is 0 Å². The molecule has 1 N–H and O–H groups in total. The molecule has 0 radical (unpaired) electrons. The van der Waals surface area contributed by atoms with Crippen LogP contribution in [0, 0.1) is 0 Å². The van der Waals surface area contributed by atoms with Gasteiger partial charge in [0.2, 0.25) is 0 Å². The molecule has 212 valence electrons. The lowest BCUT2D eigenvalue weighted by Gasteiger charge is -2.39. The molecule has 3 unspecified atom stereocenters. The molecule has 1 aliphatic carbocycles. The molecule has 1 fully saturated rings. The second kappa shape index (κ2) is 12.0. The molecule has 0 heterocycles. The maximum Gasteiger partial charge on any atom is 0.458 e. The van der Waals surface area contributed by atoms with Crippen molar-refractivity contribution in [2.24, 2.45) is 0 Å². The second-order valence-electron chi connectivity index (χ2n) is 9.43. The number of aliphatic hydroxyl groups is 1. The van der Waals surface area contributed by atoms with E-state index in [2.05, 4.69) is 0 Å². The molecule has 0 spiro atoms. The Hall–Kier alpha value is -2.11. The van der Waals surface area contributed by atoms with Crippen molar-refractivity contribution in [3.63, 3.8) is 0 Å². The topological polar surface area (TPSA) is 32.7 Å². The molecule has 1 aliphatic rings. The van der Waals surface area contributed by atoms with Gasteiger partial charge in [-0.3, -0.25) is 4.90 Å². The molecule has 2 aromatic rings. The predicted molar refractivity (Wildman–Crippen MR) is 126 cm³/mol. The minimum Gasteiger partial charge on any atom is -0.490 e. The molecule has 0 aromatic heterocycles. The van der Waals surface area contributed by atoms with Gasteiger partial charge < -0.3 is 9.84 Å². The van der Waals surface area contributed by atoms with Crippen LogP contribution in [0.5, 0.6) is 5.75 Å². The lowest BCUT2D eigenvalue weighted by atomic mass is 9.90. The Morgan fingerprint density at radius 2 is 1.74 bits per heavy atom. The zero-order valence-corrected chi connectivity index (χ0v) is 21.2. The van der Waals surface area contributed by atoms with E-state index < -0.39 is 42.5 Å². The minimum absolute atomic E-state index is 0.0332. The molecule has 2 aromatic carbocycles. The summed E-state index contributed by atoms with van der Waals surface area (Å²) in [5.41, 5.74) is -0.478. The fourth-order valence-corrected chi connectivity index (χ4v) is 4.83. The number of halogens is 9. The molecule has 0 aliphatic heterocycles. The summed E-state index contributed by atoms with van der Waals surface area (Å²) in [4.78, 5) is 1.28. The molecule has 0 saturated heterocycles. The van der Waals surface area contributed by atoms with E-state index in [1.807, 2.05) is 6.92 Å². The van der Waals surface area contributed by atoms with E-state index in [4.69, 9.17) is 16.3 Å². The van der Waals surface area contributed by atoms with Crippen molar-refractivity contribution in [2.75, 3.05) is 6.54 Å². The van der Waals surface area contributed by atoms with Crippen molar-refractivity contribution >= 4 is 11.6 Å². The summed E-state index contributed by atoms with van der Waals surface area (Å²) >= 11 is 6.14. The van der Waals surface area contributed by atoms with E-state index in [-0.39, 0.29) is 24.6 Å². The van der Waals surface area contributed by atoms with Crippen LogP contribution in [0.15, 0.2) is 42.5 Å². The Kier molecular flexibility index (Phi) is 9.58. The highest BCUT2D eigenvalue weighted by Crippen LogP contribution is 2.44. The van der Waals surface area contributed by atoms with Crippen LogP contribution < -0.4 is 4.74 Å². The molecular weight excluding hydrogens is 546 g/mol. The fraction of sp³-hybridized carbons (Fsp3) is 0.538. The number of ether oxygens (including phenoxy) is 1. The van der Waals surface area contributed by atoms with E-state index in [1.165, 1.54) is 11.0 Å². The number of alkyl halides is 8. The van der Waals surface area contributed by atoms with Crippen LogP contribution in [0.3, 0.4) is 0 Å². The van der Waals surface area contributed by atoms with Crippen molar-refractivity contribution in [1.82, 2.24) is 4.90 Å². The van der Waals surface area contributed by atoms with Gasteiger partial charge in [0.1, 0.15) is 11.9 Å². The second-order valence-corrected chi connectivity index (χ2v) is 9.83. The maximum atomic E-state index is 13.9. The van der Waals surface area contributed by atoms with Crippen molar-refractivity contribution in [2.45, 2.75) is 82.1 Å². The predicted octanol–water partition coefficient (Wildman–Crippen LogP) is 7.67. The van der Waals surface area contributed by atoms with Crippen LogP contribution in [0.4, 0.5) is 35.1 Å². The average Bonchev–Trinajstić information content (AvgIpc) is 2.84. The molecule has 3 nitrogen and oxygen atoms in total. The van der Waals surface area contributed by atoms with E-state index in [1.54, 1.807) is 18.2 Å². The quantitative estimate of drug-likeness (QED) is 0.313. The largest absolute Gasteiger partial charge is 0.490 e. The number of rotatable bonds is 9. The summed E-state index contributed by atoms with van der Waals surface area (Å²) in [6.07, 6.45) is -11.3. The Morgan fingerprint density at radius 3 is 2.37 bits per heavy atom. The van der Waals surface area contributed by atoms with Crippen molar-refractivity contribution in [3.05, 3.63) is 64.2 Å². The van der Waals surface area contributed by atoms with Crippen LogP contribution in [-0.2, 0) is 18.9 Å². The molecule has 3 atom stereocenters. The monoisotopic (exact) mass is 573 g/mol. The molecule has 1 saturated carbocycles. The van der Waals surface area contributed by atoms with E-state index >= 15 is 0 Å². The first kappa shape index (κ1) is 30.4. The van der Waals surface area contributed by atoms with E-state index in [9.17, 15) is 40.2 Å². The third-order valence-corrected chi connectivity index (χ3v) is 7.00. The highest BCUT2D eigenvalue weighted by Gasteiger charge is 2.58. The number of hydrogen-bond acceptors (Lipinski definition) is 3. The number of aryl methyl sites for hydroxylation is 1. The van der Waals surface area contributed by atoms with Crippen molar-refractivity contribution < 1.29 is 45.0 Å². The van der Waals surface area contributed by atoms with Gasteiger partial charge in [-0.25, -0.2) is 0 Å². The fourth-order valence-electron chi connectivity index (χ4n) is 4.58. The van der Waals surface area contributed by atoms with Crippen LogP contribution in [-0.4, -0.2) is 47.2 Å².